The number of amides is 1. The number of benzene rings is 1. The molecule has 0 atom stereocenters. The molecule has 7 heteroatoms. The molecule has 26 heavy (non-hydrogen) atoms. The molecule has 1 aliphatic rings. The van der Waals surface area contributed by atoms with Gasteiger partial charge in [-0.15, -0.1) is 0 Å². The van der Waals surface area contributed by atoms with Crippen molar-refractivity contribution < 1.29 is 9.21 Å². The lowest BCUT2D eigenvalue weighted by molar-refractivity contribution is 0.0706. The number of nitrogens with zero attached hydrogens (tertiary/aromatic N) is 5. The van der Waals surface area contributed by atoms with Gasteiger partial charge in [0.1, 0.15) is 11.8 Å². The first-order valence-electron chi connectivity index (χ1n) is 8.72. The fourth-order valence-electron chi connectivity index (χ4n) is 3.53. The number of fused-ring (bicyclic) bond motifs is 2. The van der Waals surface area contributed by atoms with Gasteiger partial charge in [-0.1, -0.05) is 12.1 Å². The Bertz CT molecular complexity index is 1060. The number of hydrogen-bond donors (Lipinski definition) is 0. The zero-order valence-electron chi connectivity index (χ0n) is 14.1. The lowest BCUT2D eigenvalue weighted by Gasteiger charge is -2.30. The molecule has 1 fully saturated rings. The van der Waals surface area contributed by atoms with Crippen molar-refractivity contribution in [3.63, 3.8) is 0 Å². The molecule has 3 aromatic heterocycles. The molecule has 4 aromatic rings. The Kier molecular flexibility index (Phi) is 3.44. The van der Waals surface area contributed by atoms with Gasteiger partial charge in [0, 0.05) is 30.8 Å². The molecular weight excluding hydrogens is 330 g/mol. The van der Waals surface area contributed by atoms with Crippen molar-refractivity contribution in [1.29, 1.82) is 0 Å². The number of para-hydroxylation sites is 2. The molecule has 0 aliphatic carbocycles. The Morgan fingerprint density at radius 1 is 1.15 bits per heavy atom. The van der Waals surface area contributed by atoms with Gasteiger partial charge in [0.15, 0.2) is 17.1 Å². The fraction of sp³-hybridized carbons (Fsp3) is 0.263. The Balaban J connectivity index is 1.30. The Morgan fingerprint density at radius 3 is 2.85 bits per heavy atom. The summed E-state index contributed by atoms with van der Waals surface area (Å²) < 4.78 is 7.54. The lowest BCUT2D eigenvalue weighted by Crippen LogP contribution is -2.38. The third-order valence-electron chi connectivity index (χ3n) is 4.97. The van der Waals surface area contributed by atoms with Crippen molar-refractivity contribution in [3.8, 4) is 0 Å². The number of pyridine rings is 1. The largest absolute Gasteiger partial charge is 0.440 e. The van der Waals surface area contributed by atoms with Crippen LogP contribution in [0.4, 0.5) is 0 Å². The lowest BCUT2D eigenvalue weighted by atomic mass is 9.96. The van der Waals surface area contributed by atoms with Crippen LogP contribution in [0.1, 0.15) is 35.0 Å². The summed E-state index contributed by atoms with van der Waals surface area (Å²) in [5.41, 5.74) is 3.04. The maximum Gasteiger partial charge on any atom is 0.254 e. The smallest absolute Gasteiger partial charge is 0.254 e. The molecule has 0 radical (unpaired) electrons. The van der Waals surface area contributed by atoms with Gasteiger partial charge < -0.3 is 9.32 Å². The second kappa shape index (κ2) is 5.94. The average Bonchev–Trinajstić information content (AvgIpc) is 3.33. The molecule has 4 heterocycles. The van der Waals surface area contributed by atoms with E-state index < -0.39 is 0 Å². The first-order valence-corrected chi connectivity index (χ1v) is 8.72. The Labute approximate surface area is 149 Å². The predicted octanol–water partition coefficient (Wildman–Crippen LogP) is 2.89. The summed E-state index contributed by atoms with van der Waals surface area (Å²) in [6.45, 7) is 1.39. The SMILES string of the molecule is O=C(c1ccn2ncnc2c1)N1CCC(c2nc3ccccc3o2)CC1. The molecule has 0 spiro atoms. The maximum atomic E-state index is 12.8. The van der Waals surface area contributed by atoms with Gasteiger partial charge in [0.25, 0.3) is 5.91 Å². The zero-order chi connectivity index (χ0) is 17.5. The number of hydrogen-bond acceptors (Lipinski definition) is 5. The summed E-state index contributed by atoms with van der Waals surface area (Å²) in [6, 6.07) is 11.4. The van der Waals surface area contributed by atoms with Crippen LogP contribution in [0.2, 0.25) is 0 Å². The van der Waals surface area contributed by atoms with Crippen LogP contribution in [-0.4, -0.2) is 43.5 Å². The van der Waals surface area contributed by atoms with Gasteiger partial charge in [-0.25, -0.2) is 14.5 Å². The number of aromatic nitrogens is 4. The first-order chi connectivity index (χ1) is 12.8. The topological polar surface area (TPSA) is 76.5 Å². The molecular formula is C19H17N5O2. The highest BCUT2D eigenvalue weighted by Crippen LogP contribution is 2.30. The number of piperidine rings is 1. The molecule has 5 rings (SSSR count). The molecule has 1 aromatic carbocycles. The van der Waals surface area contributed by atoms with E-state index in [9.17, 15) is 4.79 Å². The Hall–Kier alpha value is -3.22. The van der Waals surface area contributed by atoms with Crippen LogP contribution >= 0.6 is 0 Å². The Morgan fingerprint density at radius 2 is 2.00 bits per heavy atom. The van der Waals surface area contributed by atoms with E-state index in [1.165, 1.54) is 6.33 Å². The standard InChI is InChI=1S/C19H17N5O2/c25-19(14-7-10-24-17(11-14)20-12-21-24)23-8-5-13(6-9-23)18-22-15-3-1-2-4-16(15)26-18/h1-4,7,10-13H,5-6,8-9H2. The summed E-state index contributed by atoms with van der Waals surface area (Å²) in [6.07, 6.45) is 4.95. The second-order valence-electron chi connectivity index (χ2n) is 6.56. The number of carbonyl (C=O) groups is 1. The molecule has 0 unspecified atom stereocenters. The predicted molar refractivity (Wildman–Crippen MR) is 94.9 cm³/mol. The van der Waals surface area contributed by atoms with Gasteiger partial charge in [-0.2, -0.15) is 5.10 Å². The van der Waals surface area contributed by atoms with E-state index in [-0.39, 0.29) is 11.8 Å². The fourth-order valence-corrected chi connectivity index (χ4v) is 3.53. The molecule has 0 saturated carbocycles. The van der Waals surface area contributed by atoms with Crippen LogP contribution in [0.25, 0.3) is 16.7 Å². The third-order valence-corrected chi connectivity index (χ3v) is 4.97. The monoisotopic (exact) mass is 347 g/mol. The number of rotatable bonds is 2. The van der Waals surface area contributed by atoms with Crippen molar-refractivity contribution in [2.45, 2.75) is 18.8 Å². The van der Waals surface area contributed by atoms with Crippen molar-refractivity contribution >= 4 is 22.7 Å². The van der Waals surface area contributed by atoms with E-state index in [0.717, 1.165) is 29.8 Å². The van der Waals surface area contributed by atoms with Crippen molar-refractivity contribution in [2.24, 2.45) is 0 Å². The number of carbonyl (C=O) groups excluding carboxylic acids is 1. The molecule has 1 aliphatic heterocycles. The molecule has 130 valence electrons. The first kappa shape index (κ1) is 15.1. The van der Waals surface area contributed by atoms with Crippen molar-refractivity contribution in [2.75, 3.05) is 13.1 Å². The summed E-state index contributed by atoms with van der Waals surface area (Å²) in [5.74, 6) is 1.07. The van der Waals surface area contributed by atoms with E-state index in [4.69, 9.17) is 4.42 Å². The minimum atomic E-state index is 0.0338. The van der Waals surface area contributed by atoms with Gasteiger partial charge >= 0.3 is 0 Å². The van der Waals surface area contributed by atoms with Crippen LogP contribution < -0.4 is 0 Å². The quantitative estimate of drug-likeness (QED) is 0.557. The van der Waals surface area contributed by atoms with E-state index >= 15 is 0 Å². The normalized spacial score (nSPS) is 15.8. The van der Waals surface area contributed by atoms with Gasteiger partial charge in [0.05, 0.1) is 0 Å². The van der Waals surface area contributed by atoms with Crippen LogP contribution in [0.3, 0.4) is 0 Å². The zero-order valence-corrected chi connectivity index (χ0v) is 14.1. The molecule has 0 bridgehead atoms. The third kappa shape index (κ3) is 2.52. The highest BCUT2D eigenvalue weighted by atomic mass is 16.3. The van der Waals surface area contributed by atoms with Crippen LogP contribution in [0.5, 0.6) is 0 Å². The minimum absolute atomic E-state index is 0.0338. The summed E-state index contributed by atoms with van der Waals surface area (Å²) in [4.78, 5) is 23.4. The van der Waals surface area contributed by atoms with E-state index in [2.05, 4.69) is 15.1 Å². The van der Waals surface area contributed by atoms with Crippen molar-refractivity contribution in [3.05, 3.63) is 60.4 Å². The van der Waals surface area contributed by atoms with Gasteiger partial charge in [-0.05, 0) is 37.1 Å². The van der Waals surface area contributed by atoms with E-state index in [1.54, 1.807) is 22.8 Å². The van der Waals surface area contributed by atoms with E-state index in [1.807, 2.05) is 29.2 Å². The number of oxazole rings is 1. The molecule has 7 nitrogen and oxygen atoms in total. The molecule has 0 N–H and O–H groups in total. The minimum Gasteiger partial charge on any atom is -0.440 e. The summed E-state index contributed by atoms with van der Waals surface area (Å²) >= 11 is 0. The summed E-state index contributed by atoms with van der Waals surface area (Å²) in [5, 5.41) is 4.06. The van der Waals surface area contributed by atoms with Crippen LogP contribution in [0, 0.1) is 0 Å². The molecule has 1 saturated heterocycles. The average molecular weight is 347 g/mol. The number of likely N-dealkylation sites (tertiary alicyclic amines) is 1. The van der Waals surface area contributed by atoms with E-state index in [0.29, 0.717) is 24.3 Å². The molecule has 1 amide bonds. The van der Waals surface area contributed by atoms with Gasteiger partial charge in [-0.3, -0.25) is 4.79 Å². The van der Waals surface area contributed by atoms with Crippen LogP contribution in [-0.2, 0) is 0 Å². The second-order valence-corrected chi connectivity index (χ2v) is 6.56. The van der Waals surface area contributed by atoms with Crippen molar-refractivity contribution in [1.82, 2.24) is 24.5 Å². The highest BCUT2D eigenvalue weighted by molar-refractivity contribution is 5.95. The summed E-state index contributed by atoms with van der Waals surface area (Å²) in [7, 11) is 0. The van der Waals surface area contributed by atoms with Crippen LogP contribution in [0.15, 0.2) is 53.3 Å². The maximum absolute atomic E-state index is 12.8. The van der Waals surface area contributed by atoms with Gasteiger partial charge in [0.2, 0.25) is 0 Å². The highest BCUT2D eigenvalue weighted by Gasteiger charge is 2.27.